The van der Waals surface area contributed by atoms with E-state index in [0.29, 0.717) is 22.4 Å². The maximum atomic E-state index is 13.1. The number of aromatic nitrogens is 1. The van der Waals surface area contributed by atoms with Crippen LogP contribution < -0.4 is 19.8 Å². The molecule has 0 aliphatic carbocycles. The molecule has 1 saturated heterocycles. The monoisotopic (exact) mass is 317 g/mol. The standard InChI is InChI=1S/C18H24N2O3/c1-12-13(11-20-9-5-4-6-10-20)18(21)16-14(22-2)7-8-15(23-3)17(16)19-12/h7-8H,4-6,9-11H2,1-3H3,(H,19,21)/p+1. The quantitative estimate of drug-likeness (QED) is 0.897. The summed E-state index contributed by atoms with van der Waals surface area (Å²) in [7, 11) is 3.21. The summed E-state index contributed by atoms with van der Waals surface area (Å²) in [6, 6.07) is 3.62. The van der Waals surface area contributed by atoms with Crippen molar-refractivity contribution in [2.24, 2.45) is 0 Å². The summed E-state index contributed by atoms with van der Waals surface area (Å²) in [5.74, 6) is 1.26. The van der Waals surface area contributed by atoms with Crippen molar-refractivity contribution in [3.8, 4) is 11.5 Å². The summed E-state index contributed by atoms with van der Waals surface area (Å²) < 4.78 is 10.8. The zero-order valence-corrected chi connectivity index (χ0v) is 14.1. The fourth-order valence-electron chi connectivity index (χ4n) is 3.53. The minimum absolute atomic E-state index is 0.0603. The van der Waals surface area contributed by atoms with Crippen molar-refractivity contribution in [1.82, 2.24) is 4.98 Å². The molecule has 2 N–H and O–H groups in total. The van der Waals surface area contributed by atoms with Gasteiger partial charge in [0.15, 0.2) is 0 Å². The van der Waals surface area contributed by atoms with Crippen molar-refractivity contribution in [1.29, 1.82) is 0 Å². The maximum absolute atomic E-state index is 13.1. The fourth-order valence-corrected chi connectivity index (χ4v) is 3.53. The third kappa shape index (κ3) is 2.93. The second-order valence-corrected chi connectivity index (χ2v) is 6.27. The molecule has 0 atom stereocenters. The first-order valence-corrected chi connectivity index (χ1v) is 8.25. The van der Waals surface area contributed by atoms with E-state index in [9.17, 15) is 4.79 Å². The number of fused-ring (bicyclic) bond motifs is 1. The zero-order valence-electron chi connectivity index (χ0n) is 14.1. The number of aromatic amines is 1. The number of H-pyrrole nitrogens is 1. The van der Waals surface area contributed by atoms with Crippen LogP contribution in [0.2, 0.25) is 0 Å². The second kappa shape index (κ2) is 6.62. The van der Waals surface area contributed by atoms with E-state index in [-0.39, 0.29) is 5.43 Å². The summed E-state index contributed by atoms with van der Waals surface area (Å²) in [5.41, 5.74) is 2.56. The number of aryl methyl sites for hydroxylation is 1. The molecule has 2 aromatic rings. The SMILES string of the molecule is COc1ccc(OC)c2c(=O)c(C[NH+]3CCCCC3)c(C)[nH]c12. The molecule has 1 aliphatic heterocycles. The summed E-state index contributed by atoms with van der Waals surface area (Å²) in [5, 5.41) is 0.587. The summed E-state index contributed by atoms with van der Waals surface area (Å²) >= 11 is 0. The lowest BCUT2D eigenvalue weighted by Crippen LogP contribution is -3.11. The van der Waals surface area contributed by atoms with Crippen molar-refractivity contribution < 1.29 is 14.4 Å². The van der Waals surface area contributed by atoms with E-state index in [1.165, 1.54) is 24.2 Å². The molecule has 1 aliphatic rings. The Morgan fingerprint density at radius 1 is 1.09 bits per heavy atom. The van der Waals surface area contributed by atoms with Crippen molar-refractivity contribution in [2.45, 2.75) is 32.7 Å². The lowest BCUT2D eigenvalue weighted by molar-refractivity contribution is -0.918. The number of benzene rings is 1. The Morgan fingerprint density at radius 2 is 1.74 bits per heavy atom. The van der Waals surface area contributed by atoms with Gasteiger partial charge in [-0.3, -0.25) is 4.79 Å². The first-order valence-electron chi connectivity index (χ1n) is 8.25. The number of likely N-dealkylation sites (tertiary alicyclic amines) is 1. The number of nitrogens with one attached hydrogen (secondary N) is 2. The number of ether oxygens (including phenoxy) is 2. The van der Waals surface area contributed by atoms with Crippen LogP contribution in [0.1, 0.15) is 30.5 Å². The topological polar surface area (TPSA) is 55.8 Å². The molecule has 0 amide bonds. The molecule has 5 nitrogen and oxygen atoms in total. The molecule has 124 valence electrons. The molecular weight excluding hydrogens is 292 g/mol. The minimum atomic E-state index is 0.0603. The molecule has 0 spiro atoms. The third-order valence-corrected chi connectivity index (χ3v) is 4.82. The highest BCUT2D eigenvalue weighted by atomic mass is 16.5. The molecule has 0 bridgehead atoms. The van der Waals surface area contributed by atoms with Gasteiger partial charge < -0.3 is 19.4 Å². The molecular formula is C18H25N2O3+. The van der Waals surface area contributed by atoms with Crippen LogP contribution in [-0.4, -0.2) is 32.3 Å². The Balaban J connectivity index is 2.13. The summed E-state index contributed by atoms with van der Waals surface area (Å²) in [4.78, 5) is 18.0. The second-order valence-electron chi connectivity index (χ2n) is 6.27. The van der Waals surface area contributed by atoms with E-state index < -0.39 is 0 Å². The molecule has 0 saturated carbocycles. The van der Waals surface area contributed by atoms with Gasteiger partial charge >= 0.3 is 0 Å². The first kappa shape index (κ1) is 15.9. The lowest BCUT2D eigenvalue weighted by Gasteiger charge is -2.24. The molecule has 5 heteroatoms. The largest absolute Gasteiger partial charge is 0.496 e. The van der Waals surface area contributed by atoms with Crippen LogP contribution in [0.15, 0.2) is 16.9 Å². The minimum Gasteiger partial charge on any atom is -0.496 e. The lowest BCUT2D eigenvalue weighted by atomic mass is 10.0. The maximum Gasteiger partial charge on any atom is 0.202 e. The normalized spacial score (nSPS) is 15.8. The van der Waals surface area contributed by atoms with Crippen LogP contribution in [0, 0.1) is 6.92 Å². The number of rotatable bonds is 4. The van der Waals surface area contributed by atoms with Crippen LogP contribution in [0.25, 0.3) is 10.9 Å². The van der Waals surface area contributed by atoms with Crippen LogP contribution in [0.5, 0.6) is 11.5 Å². The Labute approximate surface area is 136 Å². The van der Waals surface area contributed by atoms with E-state index in [2.05, 4.69) is 4.98 Å². The molecule has 23 heavy (non-hydrogen) atoms. The predicted octanol–water partition coefficient (Wildman–Crippen LogP) is 1.42. The molecule has 0 radical (unpaired) electrons. The van der Waals surface area contributed by atoms with Gasteiger partial charge in [0.1, 0.15) is 18.0 Å². The Morgan fingerprint density at radius 3 is 2.39 bits per heavy atom. The number of pyridine rings is 1. The van der Waals surface area contributed by atoms with Crippen molar-refractivity contribution in [3.63, 3.8) is 0 Å². The number of piperidine rings is 1. The van der Waals surface area contributed by atoms with Crippen LogP contribution >= 0.6 is 0 Å². The third-order valence-electron chi connectivity index (χ3n) is 4.82. The summed E-state index contributed by atoms with van der Waals surface area (Å²) in [6.45, 7) is 5.04. The van der Waals surface area contributed by atoms with E-state index in [4.69, 9.17) is 9.47 Å². The fraction of sp³-hybridized carbons (Fsp3) is 0.500. The molecule has 1 aromatic heterocycles. The van der Waals surface area contributed by atoms with Gasteiger partial charge in [-0.1, -0.05) is 0 Å². The van der Waals surface area contributed by atoms with E-state index >= 15 is 0 Å². The highest BCUT2D eigenvalue weighted by Gasteiger charge is 2.21. The van der Waals surface area contributed by atoms with Gasteiger partial charge in [0, 0.05) is 5.69 Å². The van der Waals surface area contributed by atoms with Gasteiger partial charge in [-0.2, -0.15) is 0 Å². The molecule has 1 aromatic carbocycles. The van der Waals surface area contributed by atoms with Gasteiger partial charge in [0.25, 0.3) is 0 Å². The van der Waals surface area contributed by atoms with E-state index in [1.54, 1.807) is 20.3 Å². The van der Waals surface area contributed by atoms with Crippen molar-refractivity contribution in [3.05, 3.63) is 33.6 Å². The summed E-state index contributed by atoms with van der Waals surface area (Å²) in [6.07, 6.45) is 3.80. The number of methoxy groups -OCH3 is 2. The zero-order chi connectivity index (χ0) is 16.4. The van der Waals surface area contributed by atoms with Gasteiger partial charge in [-0.05, 0) is 38.3 Å². The molecule has 0 unspecified atom stereocenters. The number of quaternary nitrogens is 1. The molecule has 1 fully saturated rings. The average Bonchev–Trinajstić information content (AvgIpc) is 2.58. The molecule has 3 rings (SSSR count). The van der Waals surface area contributed by atoms with Gasteiger partial charge in [0.2, 0.25) is 5.43 Å². The Kier molecular flexibility index (Phi) is 4.57. The Hall–Kier alpha value is -2.01. The van der Waals surface area contributed by atoms with Crippen molar-refractivity contribution >= 4 is 10.9 Å². The number of hydrogen-bond donors (Lipinski definition) is 2. The van der Waals surface area contributed by atoms with Crippen LogP contribution in [0.3, 0.4) is 0 Å². The Bertz CT molecular complexity index is 761. The van der Waals surface area contributed by atoms with Gasteiger partial charge in [-0.15, -0.1) is 0 Å². The highest BCUT2D eigenvalue weighted by molar-refractivity contribution is 5.90. The van der Waals surface area contributed by atoms with Crippen LogP contribution in [0.4, 0.5) is 0 Å². The highest BCUT2D eigenvalue weighted by Crippen LogP contribution is 2.30. The average molecular weight is 317 g/mol. The number of hydrogen-bond acceptors (Lipinski definition) is 3. The van der Waals surface area contributed by atoms with Crippen molar-refractivity contribution in [2.75, 3.05) is 27.3 Å². The first-order chi connectivity index (χ1) is 11.2. The molecule has 2 heterocycles. The van der Waals surface area contributed by atoms with E-state index in [1.807, 2.05) is 13.0 Å². The predicted molar refractivity (Wildman–Crippen MR) is 90.7 cm³/mol. The van der Waals surface area contributed by atoms with Gasteiger partial charge in [0.05, 0.1) is 43.8 Å². The smallest absolute Gasteiger partial charge is 0.202 e. The van der Waals surface area contributed by atoms with E-state index in [0.717, 1.165) is 30.9 Å². The van der Waals surface area contributed by atoms with Crippen LogP contribution in [-0.2, 0) is 6.54 Å². The van der Waals surface area contributed by atoms with Gasteiger partial charge in [-0.25, -0.2) is 0 Å².